The lowest BCUT2D eigenvalue weighted by molar-refractivity contribution is 0.0958. The highest BCUT2D eigenvalue weighted by Crippen LogP contribution is 2.21. The molecule has 0 aliphatic carbocycles. The number of hydrogen-bond acceptors (Lipinski definition) is 4. The van der Waals surface area contributed by atoms with E-state index in [1.54, 1.807) is 0 Å². The topological polar surface area (TPSA) is 66.9 Å². The van der Waals surface area contributed by atoms with Gasteiger partial charge >= 0.3 is 0 Å². The maximum Gasteiger partial charge on any atom is 0.271 e. The SMILES string of the molecule is CNC(=O)c1cnc(Nc2ccc(F)c(Cl)c2)cn1. The molecule has 5 nitrogen and oxygen atoms in total. The summed E-state index contributed by atoms with van der Waals surface area (Å²) in [5.74, 6) is -0.382. The average molecular weight is 281 g/mol. The van der Waals surface area contributed by atoms with Gasteiger partial charge in [-0.25, -0.2) is 14.4 Å². The smallest absolute Gasteiger partial charge is 0.271 e. The highest BCUT2D eigenvalue weighted by molar-refractivity contribution is 6.31. The molecule has 2 rings (SSSR count). The molecule has 2 aromatic rings. The van der Waals surface area contributed by atoms with Crippen LogP contribution < -0.4 is 10.6 Å². The Morgan fingerprint density at radius 3 is 2.68 bits per heavy atom. The van der Waals surface area contributed by atoms with Crippen LogP contribution in [0.15, 0.2) is 30.6 Å². The van der Waals surface area contributed by atoms with Gasteiger partial charge in [0.1, 0.15) is 17.3 Å². The summed E-state index contributed by atoms with van der Waals surface area (Å²) in [5, 5.41) is 5.36. The second-order valence-corrected chi connectivity index (χ2v) is 4.03. The fourth-order valence-electron chi connectivity index (χ4n) is 1.36. The Morgan fingerprint density at radius 1 is 1.32 bits per heavy atom. The number of nitrogens with one attached hydrogen (secondary N) is 2. The van der Waals surface area contributed by atoms with Crippen molar-refractivity contribution in [3.05, 3.63) is 47.1 Å². The Labute approximate surface area is 113 Å². The Kier molecular flexibility index (Phi) is 3.91. The molecule has 0 radical (unpaired) electrons. The molecule has 98 valence electrons. The summed E-state index contributed by atoms with van der Waals surface area (Å²) in [4.78, 5) is 19.2. The van der Waals surface area contributed by atoms with Gasteiger partial charge in [-0.2, -0.15) is 0 Å². The van der Waals surface area contributed by atoms with E-state index < -0.39 is 5.82 Å². The molecular formula is C12H10ClFN4O. The summed E-state index contributed by atoms with van der Waals surface area (Å²) < 4.78 is 13.0. The first-order valence-electron chi connectivity index (χ1n) is 5.36. The molecule has 0 unspecified atom stereocenters. The van der Waals surface area contributed by atoms with Gasteiger partial charge in [0.2, 0.25) is 0 Å². The van der Waals surface area contributed by atoms with Crippen LogP contribution in [0, 0.1) is 5.82 Å². The molecule has 0 bridgehead atoms. The zero-order valence-corrected chi connectivity index (χ0v) is 10.7. The lowest BCUT2D eigenvalue weighted by Gasteiger charge is -2.06. The van der Waals surface area contributed by atoms with E-state index in [-0.39, 0.29) is 16.6 Å². The number of nitrogens with zero attached hydrogens (tertiary/aromatic N) is 2. The Hall–Kier alpha value is -2.21. The molecule has 0 fully saturated rings. The molecule has 19 heavy (non-hydrogen) atoms. The summed E-state index contributed by atoms with van der Waals surface area (Å²) in [5.41, 5.74) is 0.790. The van der Waals surface area contributed by atoms with Crippen molar-refractivity contribution in [2.75, 3.05) is 12.4 Å². The van der Waals surface area contributed by atoms with Gasteiger partial charge in [-0.1, -0.05) is 11.6 Å². The highest BCUT2D eigenvalue weighted by atomic mass is 35.5. The van der Waals surface area contributed by atoms with Crippen LogP contribution in [0.5, 0.6) is 0 Å². The van der Waals surface area contributed by atoms with Crippen LogP contribution >= 0.6 is 11.6 Å². The Bertz CT molecular complexity index is 603. The van der Waals surface area contributed by atoms with Gasteiger partial charge in [-0.05, 0) is 18.2 Å². The number of benzene rings is 1. The van der Waals surface area contributed by atoms with E-state index >= 15 is 0 Å². The summed E-state index contributed by atoms with van der Waals surface area (Å²) in [6.07, 6.45) is 2.74. The second-order valence-electron chi connectivity index (χ2n) is 3.62. The van der Waals surface area contributed by atoms with Crippen LogP contribution in [0.2, 0.25) is 5.02 Å². The molecule has 7 heteroatoms. The fourth-order valence-corrected chi connectivity index (χ4v) is 1.54. The Morgan fingerprint density at radius 2 is 2.11 bits per heavy atom. The van der Waals surface area contributed by atoms with E-state index in [4.69, 9.17) is 11.6 Å². The van der Waals surface area contributed by atoms with Crippen molar-refractivity contribution in [3.63, 3.8) is 0 Å². The molecule has 1 heterocycles. The van der Waals surface area contributed by atoms with Crippen LogP contribution in [0.25, 0.3) is 0 Å². The highest BCUT2D eigenvalue weighted by Gasteiger charge is 2.06. The van der Waals surface area contributed by atoms with Crippen molar-refractivity contribution in [3.8, 4) is 0 Å². The van der Waals surface area contributed by atoms with Crippen molar-refractivity contribution in [2.45, 2.75) is 0 Å². The first-order valence-corrected chi connectivity index (χ1v) is 5.74. The summed E-state index contributed by atoms with van der Waals surface area (Å²) in [7, 11) is 1.51. The quantitative estimate of drug-likeness (QED) is 0.906. The van der Waals surface area contributed by atoms with E-state index in [1.165, 1.54) is 37.6 Å². The fraction of sp³-hybridized carbons (Fsp3) is 0.0833. The number of carbonyl (C=O) groups is 1. The molecule has 1 aromatic heterocycles. The summed E-state index contributed by atoms with van der Waals surface area (Å²) in [6, 6.07) is 4.21. The standard InChI is InChI=1S/C12H10ClFN4O/c1-15-12(19)10-5-17-11(6-16-10)18-7-2-3-9(14)8(13)4-7/h2-6H,1H3,(H,15,19)(H,17,18). The van der Waals surface area contributed by atoms with Crippen LogP contribution in [-0.2, 0) is 0 Å². The van der Waals surface area contributed by atoms with Gasteiger partial charge in [0.25, 0.3) is 5.91 Å². The predicted molar refractivity (Wildman–Crippen MR) is 70.1 cm³/mol. The molecule has 0 aliphatic rings. The predicted octanol–water partition coefficient (Wildman–Crippen LogP) is 2.37. The molecular weight excluding hydrogens is 271 g/mol. The number of hydrogen-bond donors (Lipinski definition) is 2. The monoisotopic (exact) mass is 280 g/mol. The molecule has 0 aliphatic heterocycles. The van der Waals surface area contributed by atoms with Gasteiger partial charge in [0.15, 0.2) is 0 Å². The van der Waals surface area contributed by atoms with E-state index in [2.05, 4.69) is 20.6 Å². The van der Waals surface area contributed by atoms with Crippen molar-refractivity contribution in [2.24, 2.45) is 0 Å². The molecule has 1 amide bonds. The van der Waals surface area contributed by atoms with Crippen LogP contribution in [0.4, 0.5) is 15.9 Å². The minimum absolute atomic E-state index is 0.0138. The number of anilines is 2. The molecule has 0 saturated heterocycles. The maximum atomic E-state index is 13.0. The normalized spacial score (nSPS) is 10.1. The van der Waals surface area contributed by atoms with Crippen LogP contribution in [0.1, 0.15) is 10.5 Å². The van der Waals surface area contributed by atoms with Crippen molar-refractivity contribution in [1.29, 1.82) is 0 Å². The largest absolute Gasteiger partial charge is 0.354 e. The molecule has 0 spiro atoms. The van der Waals surface area contributed by atoms with Gasteiger partial charge < -0.3 is 10.6 Å². The van der Waals surface area contributed by atoms with E-state index in [1.807, 2.05) is 0 Å². The number of rotatable bonds is 3. The number of halogens is 2. The van der Waals surface area contributed by atoms with Crippen molar-refractivity contribution in [1.82, 2.24) is 15.3 Å². The third kappa shape index (κ3) is 3.17. The third-order valence-electron chi connectivity index (χ3n) is 2.30. The van der Waals surface area contributed by atoms with Gasteiger partial charge in [0, 0.05) is 12.7 Å². The Balaban J connectivity index is 2.15. The minimum Gasteiger partial charge on any atom is -0.354 e. The maximum absolute atomic E-state index is 13.0. The molecule has 0 saturated carbocycles. The zero-order chi connectivity index (χ0) is 13.8. The molecule has 1 aromatic carbocycles. The number of aromatic nitrogens is 2. The van der Waals surface area contributed by atoms with E-state index in [0.29, 0.717) is 11.5 Å². The summed E-state index contributed by atoms with van der Waals surface area (Å²) in [6.45, 7) is 0. The first kappa shape index (κ1) is 13.2. The zero-order valence-electron chi connectivity index (χ0n) is 9.95. The first-order chi connectivity index (χ1) is 9.10. The van der Waals surface area contributed by atoms with E-state index in [0.717, 1.165) is 0 Å². The lowest BCUT2D eigenvalue weighted by Crippen LogP contribution is -2.19. The average Bonchev–Trinajstić information content (AvgIpc) is 2.43. The molecule has 2 N–H and O–H groups in total. The van der Waals surface area contributed by atoms with Crippen molar-refractivity contribution < 1.29 is 9.18 Å². The second kappa shape index (κ2) is 5.62. The minimum atomic E-state index is -0.492. The third-order valence-corrected chi connectivity index (χ3v) is 2.59. The number of carbonyl (C=O) groups excluding carboxylic acids is 1. The van der Waals surface area contributed by atoms with E-state index in [9.17, 15) is 9.18 Å². The number of amides is 1. The van der Waals surface area contributed by atoms with Crippen LogP contribution in [-0.4, -0.2) is 22.9 Å². The summed E-state index contributed by atoms with van der Waals surface area (Å²) >= 11 is 5.66. The van der Waals surface area contributed by atoms with Crippen LogP contribution in [0.3, 0.4) is 0 Å². The van der Waals surface area contributed by atoms with Gasteiger partial charge in [-0.3, -0.25) is 4.79 Å². The van der Waals surface area contributed by atoms with Crippen molar-refractivity contribution >= 4 is 29.0 Å². The van der Waals surface area contributed by atoms with Gasteiger partial charge in [0.05, 0.1) is 17.4 Å². The lowest BCUT2D eigenvalue weighted by atomic mass is 10.3. The molecule has 0 atom stereocenters. The van der Waals surface area contributed by atoms with Gasteiger partial charge in [-0.15, -0.1) is 0 Å².